The molecule has 0 atom stereocenters. The highest BCUT2D eigenvalue weighted by Gasteiger charge is 2.27. The van der Waals surface area contributed by atoms with E-state index in [0.717, 1.165) is 31.5 Å². The van der Waals surface area contributed by atoms with Crippen LogP contribution in [0.1, 0.15) is 35.3 Å². The van der Waals surface area contributed by atoms with Gasteiger partial charge in [-0.15, -0.1) is 0 Å². The van der Waals surface area contributed by atoms with Crippen molar-refractivity contribution in [3.05, 3.63) is 76.2 Å². The van der Waals surface area contributed by atoms with Crippen molar-refractivity contribution in [2.75, 3.05) is 45.8 Å². The zero-order valence-electron chi connectivity index (χ0n) is 19.9. The lowest BCUT2D eigenvalue weighted by Gasteiger charge is -2.36. The van der Waals surface area contributed by atoms with Crippen LogP contribution in [-0.2, 0) is 11.3 Å². The first-order chi connectivity index (χ1) is 17.1. The van der Waals surface area contributed by atoms with Gasteiger partial charge in [0.05, 0.1) is 18.5 Å². The van der Waals surface area contributed by atoms with E-state index in [1.807, 2.05) is 47.4 Å². The lowest BCUT2D eigenvalue weighted by atomic mass is 10.1. The van der Waals surface area contributed by atoms with Gasteiger partial charge in [0.25, 0.3) is 11.5 Å². The Hall–Kier alpha value is -3.52. The zero-order chi connectivity index (χ0) is 24.2. The van der Waals surface area contributed by atoms with Crippen LogP contribution in [0.25, 0.3) is 10.8 Å². The van der Waals surface area contributed by atoms with E-state index < -0.39 is 0 Å². The maximum atomic E-state index is 13.6. The summed E-state index contributed by atoms with van der Waals surface area (Å²) in [5.74, 6) is 0.00939. The van der Waals surface area contributed by atoms with Crippen LogP contribution in [0.15, 0.2) is 59.4 Å². The van der Waals surface area contributed by atoms with Crippen LogP contribution in [0.3, 0.4) is 0 Å². The molecular formula is C27H31N5O3. The first kappa shape index (κ1) is 23.2. The Morgan fingerprint density at radius 2 is 1.40 bits per heavy atom. The minimum Gasteiger partial charge on any atom is -0.342 e. The monoisotopic (exact) mass is 473 g/mol. The Morgan fingerprint density at radius 3 is 2.11 bits per heavy atom. The minimum absolute atomic E-state index is 0.176. The second-order valence-corrected chi connectivity index (χ2v) is 9.35. The molecule has 0 aliphatic carbocycles. The predicted molar refractivity (Wildman–Crippen MR) is 134 cm³/mol. The quantitative estimate of drug-likeness (QED) is 0.568. The molecule has 0 radical (unpaired) electrons. The maximum Gasteiger partial charge on any atom is 0.275 e. The average Bonchev–Trinajstić information content (AvgIpc) is 2.91. The third-order valence-electron chi connectivity index (χ3n) is 6.97. The highest BCUT2D eigenvalue weighted by atomic mass is 16.2. The number of likely N-dealkylation sites (tertiary alicyclic amines) is 1. The first-order valence-corrected chi connectivity index (χ1v) is 12.4. The summed E-state index contributed by atoms with van der Waals surface area (Å²) in [4.78, 5) is 45.2. The van der Waals surface area contributed by atoms with Gasteiger partial charge >= 0.3 is 0 Å². The van der Waals surface area contributed by atoms with E-state index in [2.05, 4.69) is 10.00 Å². The van der Waals surface area contributed by atoms with Crippen molar-refractivity contribution in [2.24, 2.45) is 0 Å². The van der Waals surface area contributed by atoms with Crippen LogP contribution in [0.5, 0.6) is 0 Å². The molecule has 0 N–H and O–H groups in total. The zero-order valence-corrected chi connectivity index (χ0v) is 19.9. The number of hydrogen-bond acceptors (Lipinski definition) is 5. The molecule has 2 saturated heterocycles. The summed E-state index contributed by atoms with van der Waals surface area (Å²) in [7, 11) is 0. The third kappa shape index (κ3) is 5.12. The Bertz CT molecular complexity index is 1260. The number of aromatic nitrogens is 2. The average molecular weight is 474 g/mol. The Morgan fingerprint density at radius 1 is 0.743 bits per heavy atom. The third-order valence-corrected chi connectivity index (χ3v) is 6.97. The van der Waals surface area contributed by atoms with E-state index in [1.165, 1.54) is 11.1 Å². The van der Waals surface area contributed by atoms with Crippen molar-refractivity contribution >= 4 is 22.6 Å². The molecule has 0 saturated carbocycles. The van der Waals surface area contributed by atoms with E-state index in [9.17, 15) is 14.4 Å². The largest absolute Gasteiger partial charge is 0.342 e. The van der Waals surface area contributed by atoms with Gasteiger partial charge in [-0.3, -0.25) is 19.3 Å². The van der Waals surface area contributed by atoms with Crippen LogP contribution in [-0.4, -0.2) is 82.1 Å². The first-order valence-electron chi connectivity index (χ1n) is 12.4. The molecule has 0 bridgehead atoms. The van der Waals surface area contributed by atoms with Crippen molar-refractivity contribution in [3.8, 4) is 0 Å². The summed E-state index contributed by atoms with van der Waals surface area (Å²) >= 11 is 0. The van der Waals surface area contributed by atoms with Gasteiger partial charge in [-0.05, 0) is 30.9 Å². The maximum absolute atomic E-state index is 13.6. The lowest BCUT2D eigenvalue weighted by molar-refractivity contribution is -0.133. The van der Waals surface area contributed by atoms with E-state index in [-0.39, 0.29) is 17.4 Å². The number of amides is 2. The van der Waals surface area contributed by atoms with Crippen molar-refractivity contribution in [2.45, 2.75) is 25.8 Å². The van der Waals surface area contributed by atoms with E-state index in [0.29, 0.717) is 55.7 Å². The van der Waals surface area contributed by atoms with Gasteiger partial charge in [-0.25, -0.2) is 4.68 Å². The number of hydrogen-bond donors (Lipinski definition) is 0. The van der Waals surface area contributed by atoms with Crippen LogP contribution < -0.4 is 5.56 Å². The van der Waals surface area contributed by atoms with Gasteiger partial charge in [0.2, 0.25) is 5.91 Å². The molecule has 8 heteroatoms. The Labute approximate surface area is 204 Å². The van der Waals surface area contributed by atoms with E-state index in [4.69, 9.17) is 0 Å². The van der Waals surface area contributed by atoms with Crippen molar-refractivity contribution < 1.29 is 9.59 Å². The molecule has 1 aromatic heterocycles. The van der Waals surface area contributed by atoms with Crippen molar-refractivity contribution in [1.82, 2.24) is 24.5 Å². The number of nitrogens with zero attached hydrogens (tertiary/aromatic N) is 5. The number of carbonyl (C=O) groups excluding carboxylic acids is 2. The fraction of sp³-hybridized carbons (Fsp3) is 0.407. The molecule has 0 unspecified atom stereocenters. The highest BCUT2D eigenvalue weighted by Crippen LogP contribution is 2.17. The summed E-state index contributed by atoms with van der Waals surface area (Å²) in [5, 5.41) is 5.61. The van der Waals surface area contributed by atoms with Crippen molar-refractivity contribution in [1.29, 1.82) is 0 Å². The SMILES string of the molecule is O=C(CN1CCN(C(=O)c2nn(Cc3ccccc3)c(=O)c3ccccc23)CC1)N1CCCCC1. The molecule has 3 aromatic rings. The molecule has 35 heavy (non-hydrogen) atoms. The van der Waals surface area contributed by atoms with Gasteiger partial charge in [0.1, 0.15) is 0 Å². The number of fused-ring (bicyclic) bond motifs is 1. The normalized spacial score (nSPS) is 17.0. The van der Waals surface area contributed by atoms with Gasteiger partial charge in [-0.1, -0.05) is 48.5 Å². The number of piperidine rings is 1. The lowest BCUT2D eigenvalue weighted by Crippen LogP contribution is -2.52. The van der Waals surface area contributed by atoms with Gasteiger partial charge in [0.15, 0.2) is 5.69 Å². The number of piperazine rings is 1. The second kappa shape index (κ2) is 10.4. The molecule has 5 rings (SSSR count). The number of benzene rings is 2. The molecule has 182 valence electrons. The minimum atomic E-state index is -0.206. The molecule has 2 aliphatic rings. The molecular weight excluding hydrogens is 442 g/mol. The fourth-order valence-electron chi connectivity index (χ4n) is 4.95. The van der Waals surface area contributed by atoms with Crippen molar-refractivity contribution in [3.63, 3.8) is 0 Å². The van der Waals surface area contributed by atoms with Crippen LogP contribution in [0, 0.1) is 0 Å². The smallest absolute Gasteiger partial charge is 0.275 e. The van der Waals surface area contributed by atoms with E-state index in [1.54, 1.807) is 17.0 Å². The fourth-order valence-corrected chi connectivity index (χ4v) is 4.95. The summed E-state index contributed by atoms with van der Waals surface area (Å²) < 4.78 is 1.39. The Kier molecular flexibility index (Phi) is 6.90. The Balaban J connectivity index is 1.32. The number of carbonyl (C=O) groups is 2. The highest BCUT2D eigenvalue weighted by molar-refractivity contribution is 6.04. The standard InChI is InChI=1S/C27H31N5O3/c33-24(30-13-7-2-8-14-30)20-29-15-17-31(18-16-29)27(35)25-22-11-5-6-12-23(22)26(34)32(28-25)19-21-9-3-1-4-10-21/h1,3-6,9-12H,2,7-8,13-20H2. The molecule has 0 spiro atoms. The van der Waals surface area contributed by atoms with Gasteiger partial charge < -0.3 is 9.80 Å². The van der Waals surface area contributed by atoms with Crippen LogP contribution >= 0.6 is 0 Å². The molecule has 8 nitrogen and oxygen atoms in total. The van der Waals surface area contributed by atoms with Crippen LogP contribution in [0.2, 0.25) is 0 Å². The summed E-state index contributed by atoms with van der Waals surface area (Å²) in [6, 6.07) is 16.8. The molecule has 2 aliphatic heterocycles. The topological polar surface area (TPSA) is 78.8 Å². The van der Waals surface area contributed by atoms with E-state index >= 15 is 0 Å². The molecule has 3 heterocycles. The molecule has 2 amide bonds. The van der Waals surface area contributed by atoms with Gasteiger partial charge in [-0.2, -0.15) is 5.10 Å². The number of rotatable bonds is 5. The predicted octanol–water partition coefficient (Wildman–Crippen LogP) is 2.22. The molecule has 2 aromatic carbocycles. The van der Waals surface area contributed by atoms with Gasteiger partial charge in [0, 0.05) is 44.7 Å². The summed E-state index contributed by atoms with van der Waals surface area (Å²) in [5.41, 5.74) is 1.04. The second-order valence-electron chi connectivity index (χ2n) is 9.35. The van der Waals surface area contributed by atoms with Crippen LogP contribution in [0.4, 0.5) is 0 Å². The summed E-state index contributed by atoms with van der Waals surface area (Å²) in [6.45, 7) is 4.77. The molecule has 2 fully saturated rings. The summed E-state index contributed by atoms with van der Waals surface area (Å²) in [6.07, 6.45) is 3.37.